The molecule has 0 bridgehead atoms. The Morgan fingerprint density at radius 2 is 1.78 bits per heavy atom. The SMILES string of the molecule is CC[C@@H](Oc1cc(C)ccc1C)C(=O)N[C@@H](C)c1cc(OC)ccc1OC. The molecule has 2 aromatic carbocycles. The van der Waals surface area contributed by atoms with Crippen molar-refractivity contribution in [1.82, 2.24) is 5.32 Å². The van der Waals surface area contributed by atoms with Crippen molar-refractivity contribution in [1.29, 1.82) is 0 Å². The quantitative estimate of drug-likeness (QED) is 0.749. The summed E-state index contributed by atoms with van der Waals surface area (Å²) in [5.74, 6) is 2.00. The molecule has 0 spiro atoms. The third-order valence-electron chi connectivity index (χ3n) is 4.54. The van der Waals surface area contributed by atoms with Crippen molar-refractivity contribution in [3.8, 4) is 17.2 Å². The smallest absolute Gasteiger partial charge is 0.261 e. The molecule has 0 unspecified atom stereocenters. The van der Waals surface area contributed by atoms with Crippen molar-refractivity contribution in [3.05, 3.63) is 53.1 Å². The van der Waals surface area contributed by atoms with Crippen molar-refractivity contribution < 1.29 is 19.0 Å². The van der Waals surface area contributed by atoms with Crippen LogP contribution in [-0.2, 0) is 4.79 Å². The van der Waals surface area contributed by atoms with Crippen LogP contribution in [0.3, 0.4) is 0 Å². The number of hydrogen-bond donors (Lipinski definition) is 1. The molecule has 0 radical (unpaired) electrons. The lowest BCUT2D eigenvalue weighted by molar-refractivity contribution is -0.128. The van der Waals surface area contributed by atoms with E-state index in [1.807, 2.05) is 64.1 Å². The van der Waals surface area contributed by atoms with Crippen LogP contribution in [0, 0.1) is 13.8 Å². The summed E-state index contributed by atoms with van der Waals surface area (Å²) in [4.78, 5) is 12.8. The van der Waals surface area contributed by atoms with E-state index < -0.39 is 6.10 Å². The summed E-state index contributed by atoms with van der Waals surface area (Å²) in [7, 11) is 3.22. The number of carbonyl (C=O) groups excluding carboxylic acids is 1. The zero-order valence-corrected chi connectivity index (χ0v) is 17.0. The Hall–Kier alpha value is -2.69. The lowest BCUT2D eigenvalue weighted by Crippen LogP contribution is -2.39. The van der Waals surface area contributed by atoms with Gasteiger partial charge in [0.2, 0.25) is 0 Å². The fraction of sp³-hybridized carbons (Fsp3) is 0.409. The molecule has 0 aromatic heterocycles. The fourth-order valence-electron chi connectivity index (χ4n) is 2.87. The molecule has 2 aromatic rings. The van der Waals surface area contributed by atoms with Gasteiger partial charge < -0.3 is 19.5 Å². The van der Waals surface area contributed by atoms with Crippen molar-refractivity contribution in [2.24, 2.45) is 0 Å². The lowest BCUT2D eigenvalue weighted by atomic mass is 10.1. The van der Waals surface area contributed by atoms with Crippen LogP contribution in [0.15, 0.2) is 36.4 Å². The Balaban J connectivity index is 2.15. The predicted octanol–water partition coefficient (Wildman–Crippen LogP) is 4.36. The van der Waals surface area contributed by atoms with E-state index in [9.17, 15) is 4.79 Å². The Kier molecular flexibility index (Phi) is 7.11. The Labute approximate surface area is 161 Å². The van der Waals surface area contributed by atoms with E-state index in [4.69, 9.17) is 14.2 Å². The van der Waals surface area contributed by atoms with Crippen LogP contribution >= 0.6 is 0 Å². The van der Waals surface area contributed by atoms with E-state index >= 15 is 0 Å². The van der Waals surface area contributed by atoms with Gasteiger partial charge in [0, 0.05) is 5.56 Å². The standard InChI is InChI=1S/C22H29NO4/c1-7-19(27-21-12-14(2)8-9-15(21)3)22(24)23-16(4)18-13-17(25-5)10-11-20(18)26-6/h8-13,16,19H,7H2,1-6H3,(H,23,24)/t16-,19+/m0/s1. The minimum Gasteiger partial charge on any atom is -0.497 e. The summed E-state index contributed by atoms with van der Waals surface area (Å²) in [6, 6.07) is 11.3. The minimum atomic E-state index is -0.565. The molecule has 5 nitrogen and oxygen atoms in total. The van der Waals surface area contributed by atoms with Crippen LogP contribution in [0.5, 0.6) is 17.2 Å². The molecule has 0 saturated carbocycles. The highest BCUT2D eigenvalue weighted by molar-refractivity contribution is 5.81. The van der Waals surface area contributed by atoms with Gasteiger partial charge in [0.05, 0.1) is 20.3 Å². The zero-order chi connectivity index (χ0) is 20.0. The molecule has 0 saturated heterocycles. The Bertz CT molecular complexity index is 788. The summed E-state index contributed by atoms with van der Waals surface area (Å²) in [5.41, 5.74) is 2.96. The molecule has 2 rings (SSSR count). The van der Waals surface area contributed by atoms with E-state index in [0.717, 1.165) is 22.4 Å². The fourth-order valence-corrected chi connectivity index (χ4v) is 2.87. The average Bonchev–Trinajstić information content (AvgIpc) is 2.67. The molecule has 1 N–H and O–H groups in total. The topological polar surface area (TPSA) is 56.8 Å². The van der Waals surface area contributed by atoms with Gasteiger partial charge in [-0.25, -0.2) is 0 Å². The third kappa shape index (κ3) is 5.16. The normalized spacial score (nSPS) is 12.8. The van der Waals surface area contributed by atoms with E-state index in [1.165, 1.54) is 0 Å². The van der Waals surface area contributed by atoms with Crippen molar-refractivity contribution in [3.63, 3.8) is 0 Å². The molecule has 0 fully saturated rings. The third-order valence-corrected chi connectivity index (χ3v) is 4.54. The van der Waals surface area contributed by atoms with Crippen LogP contribution in [-0.4, -0.2) is 26.2 Å². The first-order valence-corrected chi connectivity index (χ1v) is 9.15. The summed E-state index contributed by atoms with van der Waals surface area (Å²) in [6.45, 7) is 7.83. The molecule has 2 atom stereocenters. The van der Waals surface area contributed by atoms with Crippen molar-refractivity contribution in [2.45, 2.75) is 46.3 Å². The van der Waals surface area contributed by atoms with Gasteiger partial charge in [0.1, 0.15) is 17.2 Å². The van der Waals surface area contributed by atoms with Gasteiger partial charge in [-0.2, -0.15) is 0 Å². The van der Waals surface area contributed by atoms with Crippen molar-refractivity contribution in [2.75, 3.05) is 14.2 Å². The predicted molar refractivity (Wildman–Crippen MR) is 107 cm³/mol. The zero-order valence-electron chi connectivity index (χ0n) is 17.0. The van der Waals surface area contributed by atoms with Gasteiger partial charge in [-0.15, -0.1) is 0 Å². The van der Waals surface area contributed by atoms with Crippen LogP contribution in [0.4, 0.5) is 0 Å². The molecule has 27 heavy (non-hydrogen) atoms. The van der Waals surface area contributed by atoms with Gasteiger partial charge in [-0.1, -0.05) is 19.1 Å². The highest BCUT2D eigenvalue weighted by Gasteiger charge is 2.23. The van der Waals surface area contributed by atoms with Crippen LogP contribution < -0.4 is 19.5 Å². The number of hydrogen-bond acceptors (Lipinski definition) is 4. The second-order valence-electron chi connectivity index (χ2n) is 6.62. The molecular weight excluding hydrogens is 342 g/mol. The number of methoxy groups -OCH3 is 2. The van der Waals surface area contributed by atoms with Gasteiger partial charge >= 0.3 is 0 Å². The minimum absolute atomic E-state index is 0.157. The summed E-state index contributed by atoms with van der Waals surface area (Å²) in [6.07, 6.45) is 0.00539. The van der Waals surface area contributed by atoms with Crippen LogP contribution in [0.2, 0.25) is 0 Å². The summed E-state index contributed by atoms with van der Waals surface area (Å²) < 4.78 is 16.7. The first kappa shape index (κ1) is 20.6. The number of nitrogens with one attached hydrogen (secondary N) is 1. The summed E-state index contributed by atoms with van der Waals surface area (Å²) >= 11 is 0. The maximum Gasteiger partial charge on any atom is 0.261 e. The molecule has 0 aliphatic carbocycles. The molecule has 0 heterocycles. The maximum atomic E-state index is 12.8. The summed E-state index contributed by atoms with van der Waals surface area (Å²) in [5, 5.41) is 3.03. The molecule has 0 aliphatic rings. The lowest BCUT2D eigenvalue weighted by Gasteiger charge is -2.23. The number of carbonyl (C=O) groups is 1. The first-order chi connectivity index (χ1) is 12.9. The van der Waals surface area contributed by atoms with Crippen LogP contribution in [0.25, 0.3) is 0 Å². The monoisotopic (exact) mass is 371 g/mol. The van der Waals surface area contributed by atoms with Crippen LogP contribution in [0.1, 0.15) is 43.0 Å². The molecular formula is C22H29NO4. The number of aryl methyl sites for hydroxylation is 2. The highest BCUT2D eigenvalue weighted by Crippen LogP contribution is 2.29. The number of benzene rings is 2. The Morgan fingerprint density at radius 1 is 1.04 bits per heavy atom. The maximum absolute atomic E-state index is 12.8. The second kappa shape index (κ2) is 9.31. The van der Waals surface area contributed by atoms with E-state index in [2.05, 4.69) is 5.32 Å². The average molecular weight is 371 g/mol. The van der Waals surface area contributed by atoms with Gasteiger partial charge in [0.25, 0.3) is 5.91 Å². The molecule has 1 amide bonds. The number of ether oxygens (including phenoxy) is 3. The number of amides is 1. The van der Waals surface area contributed by atoms with E-state index in [0.29, 0.717) is 17.9 Å². The molecule has 146 valence electrons. The molecule has 5 heteroatoms. The van der Waals surface area contributed by atoms with Gasteiger partial charge in [0.15, 0.2) is 6.10 Å². The highest BCUT2D eigenvalue weighted by atomic mass is 16.5. The van der Waals surface area contributed by atoms with Gasteiger partial charge in [-0.3, -0.25) is 4.79 Å². The number of rotatable bonds is 8. The van der Waals surface area contributed by atoms with Gasteiger partial charge in [-0.05, 0) is 62.6 Å². The van der Waals surface area contributed by atoms with Crippen molar-refractivity contribution >= 4 is 5.91 Å². The van der Waals surface area contributed by atoms with E-state index in [1.54, 1.807) is 14.2 Å². The van der Waals surface area contributed by atoms with E-state index in [-0.39, 0.29) is 11.9 Å². The largest absolute Gasteiger partial charge is 0.497 e. The first-order valence-electron chi connectivity index (χ1n) is 9.15. The molecule has 0 aliphatic heterocycles. The second-order valence-corrected chi connectivity index (χ2v) is 6.62. The Morgan fingerprint density at radius 3 is 2.41 bits per heavy atom.